The topological polar surface area (TPSA) is 66.9 Å². The lowest BCUT2D eigenvalue weighted by Crippen LogP contribution is -2.47. The molecule has 0 aromatic rings. The Labute approximate surface area is 148 Å². The zero-order valence-electron chi connectivity index (χ0n) is 15.0. The van der Waals surface area contributed by atoms with Gasteiger partial charge in [0, 0.05) is 44.3 Å². The largest absolute Gasteiger partial charge is 0.444 e. The fraction of sp³-hybridized carbons (Fsp3) is 0.824. The number of ether oxygens (including phenoxy) is 1. The van der Waals surface area contributed by atoms with Crippen LogP contribution < -0.4 is 0 Å². The third-order valence-electron chi connectivity index (χ3n) is 4.19. The van der Waals surface area contributed by atoms with Crippen LogP contribution in [0.3, 0.4) is 0 Å². The summed E-state index contributed by atoms with van der Waals surface area (Å²) in [5.41, 5.74) is -0.522. The minimum atomic E-state index is -0.522. The summed E-state index contributed by atoms with van der Waals surface area (Å²) in [5.74, 6) is 0.0878. The second kappa shape index (κ2) is 7.76. The molecule has 0 radical (unpaired) electrons. The van der Waals surface area contributed by atoms with Gasteiger partial charge in [-0.25, -0.2) is 4.79 Å². The van der Waals surface area contributed by atoms with Gasteiger partial charge in [-0.15, -0.1) is 0 Å². The standard InChI is InChI=1S/C17H28N2O4S/c1-12(20)24-14-9-15(21)19(11-14)13-7-5-6-8-18(10-13)16(22)23-17(2,3)4/h13-14H,5-11H2,1-4H3. The lowest BCUT2D eigenvalue weighted by atomic mass is 10.1. The van der Waals surface area contributed by atoms with Crippen molar-refractivity contribution < 1.29 is 19.1 Å². The first kappa shape index (κ1) is 19.1. The van der Waals surface area contributed by atoms with Crippen molar-refractivity contribution in [3.05, 3.63) is 0 Å². The van der Waals surface area contributed by atoms with Gasteiger partial charge in [-0.2, -0.15) is 0 Å². The molecule has 7 heteroatoms. The molecule has 2 fully saturated rings. The molecule has 2 saturated heterocycles. The van der Waals surface area contributed by atoms with Gasteiger partial charge in [-0.05, 0) is 40.0 Å². The highest BCUT2D eigenvalue weighted by Gasteiger charge is 2.37. The number of rotatable bonds is 2. The molecule has 2 heterocycles. The van der Waals surface area contributed by atoms with E-state index in [0.717, 1.165) is 19.3 Å². The Morgan fingerprint density at radius 1 is 1.21 bits per heavy atom. The minimum absolute atomic E-state index is 0.0186. The molecule has 2 rings (SSSR count). The maximum atomic E-state index is 12.4. The second-order valence-corrected chi connectivity index (χ2v) is 9.03. The van der Waals surface area contributed by atoms with Gasteiger partial charge < -0.3 is 14.5 Å². The van der Waals surface area contributed by atoms with Gasteiger partial charge in [0.15, 0.2) is 5.12 Å². The molecule has 0 bridgehead atoms. The fourth-order valence-corrected chi connectivity index (χ4v) is 4.16. The first-order chi connectivity index (χ1) is 11.2. The van der Waals surface area contributed by atoms with Crippen molar-refractivity contribution in [1.82, 2.24) is 9.80 Å². The monoisotopic (exact) mass is 356 g/mol. The van der Waals surface area contributed by atoms with Gasteiger partial charge in [0.1, 0.15) is 5.60 Å². The fourth-order valence-electron chi connectivity index (χ4n) is 3.23. The van der Waals surface area contributed by atoms with E-state index >= 15 is 0 Å². The van der Waals surface area contributed by atoms with Crippen molar-refractivity contribution in [2.45, 2.75) is 70.3 Å². The summed E-state index contributed by atoms with van der Waals surface area (Å²) < 4.78 is 5.48. The maximum absolute atomic E-state index is 12.4. The van der Waals surface area contributed by atoms with Crippen LogP contribution in [-0.4, -0.2) is 63.4 Å². The van der Waals surface area contributed by atoms with E-state index in [1.54, 1.807) is 4.90 Å². The number of hydrogen-bond acceptors (Lipinski definition) is 5. The highest BCUT2D eigenvalue weighted by molar-refractivity contribution is 8.14. The van der Waals surface area contributed by atoms with Crippen LogP contribution >= 0.6 is 11.8 Å². The molecule has 2 unspecified atom stereocenters. The average Bonchev–Trinajstić information content (AvgIpc) is 2.66. The molecule has 0 N–H and O–H groups in total. The van der Waals surface area contributed by atoms with Gasteiger partial charge in [0.25, 0.3) is 0 Å². The molecule has 0 saturated carbocycles. The van der Waals surface area contributed by atoms with Crippen LogP contribution in [0.25, 0.3) is 0 Å². The number of carbonyl (C=O) groups excluding carboxylic acids is 3. The summed E-state index contributed by atoms with van der Waals surface area (Å²) in [5, 5.41) is 0.0825. The van der Waals surface area contributed by atoms with Crippen LogP contribution in [0.4, 0.5) is 4.79 Å². The molecule has 0 aromatic heterocycles. The molecular weight excluding hydrogens is 328 g/mol. The molecule has 2 amide bonds. The summed E-state index contributed by atoms with van der Waals surface area (Å²) in [7, 11) is 0. The third kappa shape index (κ3) is 5.40. The van der Waals surface area contributed by atoms with E-state index in [4.69, 9.17) is 4.74 Å². The van der Waals surface area contributed by atoms with E-state index in [9.17, 15) is 14.4 Å². The van der Waals surface area contributed by atoms with Crippen molar-refractivity contribution in [2.75, 3.05) is 19.6 Å². The van der Waals surface area contributed by atoms with Gasteiger partial charge in [-0.3, -0.25) is 9.59 Å². The van der Waals surface area contributed by atoms with Crippen molar-refractivity contribution >= 4 is 28.9 Å². The van der Waals surface area contributed by atoms with Crippen LogP contribution in [-0.2, 0) is 14.3 Å². The van der Waals surface area contributed by atoms with E-state index in [1.165, 1.54) is 18.7 Å². The second-order valence-electron chi connectivity index (χ2n) is 7.56. The quantitative estimate of drug-likeness (QED) is 0.761. The minimum Gasteiger partial charge on any atom is -0.444 e. The number of thioether (sulfide) groups is 1. The Morgan fingerprint density at radius 3 is 2.54 bits per heavy atom. The highest BCUT2D eigenvalue weighted by atomic mass is 32.2. The lowest BCUT2D eigenvalue weighted by molar-refractivity contribution is -0.130. The Kier molecular flexibility index (Phi) is 6.17. The average molecular weight is 356 g/mol. The van der Waals surface area contributed by atoms with Gasteiger partial charge >= 0.3 is 6.09 Å². The van der Waals surface area contributed by atoms with Gasteiger partial charge in [0.2, 0.25) is 5.91 Å². The van der Waals surface area contributed by atoms with E-state index in [0.29, 0.717) is 26.1 Å². The molecule has 0 spiro atoms. The molecule has 2 aliphatic heterocycles. The van der Waals surface area contributed by atoms with Gasteiger partial charge in [0.05, 0.1) is 0 Å². The first-order valence-electron chi connectivity index (χ1n) is 8.60. The Bertz CT molecular complexity index is 503. The zero-order valence-corrected chi connectivity index (χ0v) is 15.9. The van der Waals surface area contributed by atoms with Crippen LogP contribution in [0.2, 0.25) is 0 Å². The van der Waals surface area contributed by atoms with E-state index in [2.05, 4.69) is 0 Å². The molecule has 0 aromatic carbocycles. The van der Waals surface area contributed by atoms with Crippen molar-refractivity contribution in [1.29, 1.82) is 0 Å². The van der Waals surface area contributed by atoms with Crippen LogP contribution in [0.15, 0.2) is 0 Å². The third-order valence-corrected chi connectivity index (χ3v) is 5.18. The number of amides is 2. The maximum Gasteiger partial charge on any atom is 0.410 e. The molecule has 6 nitrogen and oxygen atoms in total. The van der Waals surface area contributed by atoms with Crippen LogP contribution in [0.1, 0.15) is 53.4 Å². The summed E-state index contributed by atoms with van der Waals surface area (Å²) in [4.78, 5) is 39.6. The number of hydrogen-bond donors (Lipinski definition) is 0. The van der Waals surface area contributed by atoms with Crippen molar-refractivity contribution in [3.63, 3.8) is 0 Å². The molecule has 24 heavy (non-hydrogen) atoms. The molecular formula is C17H28N2O4S. The summed E-state index contributed by atoms with van der Waals surface area (Å²) in [6.07, 6.45) is 2.90. The van der Waals surface area contributed by atoms with Gasteiger partial charge in [-0.1, -0.05) is 11.8 Å². The predicted octanol–water partition coefficient (Wildman–Crippen LogP) is 2.66. The Morgan fingerprint density at radius 2 is 1.92 bits per heavy atom. The number of carbonyl (C=O) groups is 3. The highest BCUT2D eigenvalue weighted by Crippen LogP contribution is 2.28. The molecule has 0 aliphatic carbocycles. The predicted molar refractivity (Wildman–Crippen MR) is 93.8 cm³/mol. The molecule has 2 aliphatic rings. The van der Waals surface area contributed by atoms with Crippen molar-refractivity contribution in [3.8, 4) is 0 Å². The summed E-state index contributed by atoms with van der Waals surface area (Å²) >= 11 is 1.25. The van der Waals surface area contributed by atoms with E-state index < -0.39 is 5.60 Å². The van der Waals surface area contributed by atoms with Crippen LogP contribution in [0, 0.1) is 0 Å². The Balaban J connectivity index is 2.00. The number of likely N-dealkylation sites (tertiary alicyclic amines) is 2. The van der Waals surface area contributed by atoms with E-state index in [1.807, 2.05) is 25.7 Å². The lowest BCUT2D eigenvalue weighted by Gasteiger charge is -2.32. The SMILES string of the molecule is CC(=O)SC1CC(=O)N(C2CCCCN(C(=O)OC(C)(C)C)C2)C1. The molecule has 2 atom stereocenters. The summed E-state index contributed by atoms with van der Waals surface area (Å²) in [6, 6.07) is 0.0186. The number of nitrogens with zero attached hydrogens (tertiary/aromatic N) is 2. The van der Waals surface area contributed by atoms with Crippen molar-refractivity contribution in [2.24, 2.45) is 0 Å². The first-order valence-corrected chi connectivity index (χ1v) is 9.48. The smallest absolute Gasteiger partial charge is 0.410 e. The Hall–Kier alpha value is -1.24. The normalized spacial score (nSPS) is 25.6. The van der Waals surface area contributed by atoms with Crippen LogP contribution in [0.5, 0.6) is 0 Å². The van der Waals surface area contributed by atoms with E-state index in [-0.39, 0.29) is 28.4 Å². The molecule has 136 valence electrons. The zero-order chi connectivity index (χ0) is 17.9. The summed E-state index contributed by atoms with van der Waals surface area (Å²) in [6.45, 7) is 8.87.